The standard InChI is InChI=1S/C18H25N3S/c1-12(2)21-10-6-7-15(11-21)16-8-5-9-17(20-16)18-19-13(3)14(4)22-18/h5,8-9,12,15H,6-7,10-11H2,1-4H3. The molecule has 0 aliphatic carbocycles. The molecule has 1 fully saturated rings. The Balaban J connectivity index is 1.84. The van der Waals surface area contributed by atoms with Crippen LogP contribution in [0.3, 0.4) is 0 Å². The zero-order chi connectivity index (χ0) is 15.7. The molecule has 0 radical (unpaired) electrons. The van der Waals surface area contributed by atoms with Gasteiger partial charge in [-0.2, -0.15) is 0 Å². The normalized spacial score (nSPS) is 19.8. The molecule has 0 spiro atoms. The first-order valence-corrected chi connectivity index (χ1v) is 9.01. The Kier molecular flexibility index (Phi) is 4.59. The summed E-state index contributed by atoms with van der Waals surface area (Å²) in [5.41, 5.74) is 3.38. The maximum Gasteiger partial charge on any atom is 0.142 e. The molecule has 0 saturated carbocycles. The monoisotopic (exact) mass is 315 g/mol. The van der Waals surface area contributed by atoms with Crippen molar-refractivity contribution in [1.29, 1.82) is 0 Å². The highest BCUT2D eigenvalue weighted by atomic mass is 32.1. The smallest absolute Gasteiger partial charge is 0.142 e. The van der Waals surface area contributed by atoms with Crippen molar-refractivity contribution in [3.05, 3.63) is 34.5 Å². The number of pyridine rings is 1. The Morgan fingerprint density at radius 1 is 1.23 bits per heavy atom. The Bertz CT molecular complexity index is 628. The van der Waals surface area contributed by atoms with Crippen molar-refractivity contribution in [2.45, 2.75) is 52.5 Å². The summed E-state index contributed by atoms with van der Waals surface area (Å²) in [6, 6.07) is 7.03. The molecule has 4 heteroatoms. The van der Waals surface area contributed by atoms with Gasteiger partial charge in [0.15, 0.2) is 0 Å². The van der Waals surface area contributed by atoms with Crippen molar-refractivity contribution < 1.29 is 0 Å². The molecule has 1 unspecified atom stereocenters. The first-order valence-electron chi connectivity index (χ1n) is 8.20. The molecule has 1 atom stereocenters. The van der Waals surface area contributed by atoms with E-state index in [9.17, 15) is 0 Å². The zero-order valence-electron chi connectivity index (χ0n) is 14.0. The van der Waals surface area contributed by atoms with Gasteiger partial charge in [0.1, 0.15) is 5.01 Å². The van der Waals surface area contributed by atoms with Crippen molar-refractivity contribution in [3.8, 4) is 10.7 Å². The number of hydrogen-bond acceptors (Lipinski definition) is 4. The number of rotatable bonds is 3. The lowest BCUT2D eigenvalue weighted by Gasteiger charge is -2.35. The van der Waals surface area contributed by atoms with Gasteiger partial charge in [-0.05, 0) is 59.2 Å². The van der Waals surface area contributed by atoms with Crippen LogP contribution in [0, 0.1) is 13.8 Å². The summed E-state index contributed by atoms with van der Waals surface area (Å²) < 4.78 is 0. The van der Waals surface area contributed by atoms with Crippen molar-refractivity contribution in [3.63, 3.8) is 0 Å². The fourth-order valence-corrected chi connectivity index (χ4v) is 3.98. The first kappa shape index (κ1) is 15.6. The molecule has 0 amide bonds. The molecule has 0 bridgehead atoms. The van der Waals surface area contributed by atoms with Gasteiger partial charge in [0.25, 0.3) is 0 Å². The van der Waals surface area contributed by atoms with Gasteiger partial charge in [-0.3, -0.25) is 0 Å². The van der Waals surface area contributed by atoms with Gasteiger partial charge in [-0.15, -0.1) is 11.3 Å². The third-order valence-corrected chi connectivity index (χ3v) is 5.72. The maximum absolute atomic E-state index is 4.94. The second-order valence-corrected chi connectivity index (χ2v) is 7.74. The van der Waals surface area contributed by atoms with Gasteiger partial charge in [0.2, 0.25) is 0 Å². The SMILES string of the molecule is Cc1nc(-c2cccc(C3CCCN(C(C)C)C3)n2)sc1C. The van der Waals surface area contributed by atoms with E-state index in [2.05, 4.69) is 55.8 Å². The van der Waals surface area contributed by atoms with Crippen LogP contribution >= 0.6 is 11.3 Å². The summed E-state index contributed by atoms with van der Waals surface area (Å²) in [4.78, 5) is 13.4. The van der Waals surface area contributed by atoms with E-state index in [0.29, 0.717) is 12.0 Å². The fourth-order valence-electron chi connectivity index (χ4n) is 3.10. The minimum Gasteiger partial charge on any atom is -0.300 e. The summed E-state index contributed by atoms with van der Waals surface area (Å²) in [5, 5.41) is 1.05. The van der Waals surface area contributed by atoms with E-state index in [-0.39, 0.29) is 0 Å². The van der Waals surface area contributed by atoms with Crippen molar-refractivity contribution >= 4 is 11.3 Å². The number of nitrogens with zero attached hydrogens (tertiary/aromatic N) is 3. The maximum atomic E-state index is 4.94. The Labute approximate surface area is 137 Å². The van der Waals surface area contributed by atoms with Crippen LogP contribution in [0.5, 0.6) is 0 Å². The molecular weight excluding hydrogens is 290 g/mol. The summed E-state index contributed by atoms with van der Waals surface area (Å²) >= 11 is 1.74. The highest BCUT2D eigenvalue weighted by Gasteiger charge is 2.24. The van der Waals surface area contributed by atoms with Crippen LogP contribution in [-0.2, 0) is 0 Å². The van der Waals surface area contributed by atoms with Crippen LogP contribution in [0.15, 0.2) is 18.2 Å². The molecule has 0 aromatic carbocycles. The lowest BCUT2D eigenvalue weighted by molar-refractivity contribution is 0.166. The summed E-state index contributed by atoms with van der Waals surface area (Å²) in [5.74, 6) is 0.554. The van der Waals surface area contributed by atoms with E-state index in [0.717, 1.165) is 22.9 Å². The zero-order valence-corrected chi connectivity index (χ0v) is 14.8. The Hall–Kier alpha value is -1.26. The molecule has 3 nitrogen and oxygen atoms in total. The summed E-state index contributed by atoms with van der Waals surface area (Å²) in [6.45, 7) is 11.1. The van der Waals surface area contributed by atoms with E-state index >= 15 is 0 Å². The first-order chi connectivity index (χ1) is 10.5. The number of aromatic nitrogens is 2. The topological polar surface area (TPSA) is 29.0 Å². The van der Waals surface area contributed by atoms with Crippen LogP contribution in [0.4, 0.5) is 0 Å². The molecule has 1 aliphatic heterocycles. The second kappa shape index (κ2) is 6.47. The van der Waals surface area contributed by atoms with Gasteiger partial charge in [-0.25, -0.2) is 9.97 Å². The minimum atomic E-state index is 0.554. The predicted molar refractivity (Wildman–Crippen MR) is 93.5 cm³/mol. The molecule has 0 N–H and O–H groups in total. The van der Waals surface area contributed by atoms with Gasteiger partial charge < -0.3 is 4.90 Å². The molecular formula is C18H25N3S. The molecule has 3 heterocycles. The molecule has 1 aliphatic rings. The van der Waals surface area contributed by atoms with Crippen LogP contribution in [0.25, 0.3) is 10.7 Å². The quantitative estimate of drug-likeness (QED) is 0.840. The second-order valence-electron chi connectivity index (χ2n) is 6.54. The average molecular weight is 315 g/mol. The van der Waals surface area contributed by atoms with E-state index < -0.39 is 0 Å². The minimum absolute atomic E-state index is 0.554. The van der Waals surface area contributed by atoms with Crippen molar-refractivity contribution in [1.82, 2.24) is 14.9 Å². The molecule has 2 aromatic rings. The third kappa shape index (κ3) is 3.23. The van der Waals surface area contributed by atoms with Crippen LogP contribution in [0.2, 0.25) is 0 Å². The van der Waals surface area contributed by atoms with Gasteiger partial charge in [0.05, 0.1) is 11.4 Å². The third-order valence-electron chi connectivity index (χ3n) is 4.62. The predicted octanol–water partition coefficient (Wildman–Crippen LogP) is 4.41. The molecule has 2 aromatic heterocycles. The lowest BCUT2D eigenvalue weighted by Crippen LogP contribution is -2.39. The van der Waals surface area contributed by atoms with Crippen molar-refractivity contribution in [2.75, 3.05) is 13.1 Å². The number of piperidine rings is 1. The summed E-state index contributed by atoms with van der Waals surface area (Å²) in [7, 11) is 0. The molecule has 1 saturated heterocycles. The number of hydrogen-bond donors (Lipinski definition) is 0. The number of thiazole rings is 1. The molecule has 3 rings (SSSR count). The highest BCUT2D eigenvalue weighted by molar-refractivity contribution is 7.15. The Morgan fingerprint density at radius 3 is 2.73 bits per heavy atom. The van der Waals surface area contributed by atoms with Gasteiger partial charge in [0, 0.05) is 29.1 Å². The summed E-state index contributed by atoms with van der Waals surface area (Å²) in [6.07, 6.45) is 2.51. The lowest BCUT2D eigenvalue weighted by atomic mass is 9.93. The number of likely N-dealkylation sites (tertiary alicyclic amines) is 1. The molecule has 118 valence electrons. The van der Waals surface area contributed by atoms with Gasteiger partial charge >= 0.3 is 0 Å². The van der Waals surface area contributed by atoms with Crippen LogP contribution in [0.1, 0.15) is 48.9 Å². The van der Waals surface area contributed by atoms with E-state index in [1.54, 1.807) is 11.3 Å². The van der Waals surface area contributed by atoms with Crippen LogP contribution < -0.4 is 0 Å². The van der Waals surface area contributed by atoms with E-state index in [4.69, 9.17) is 4.98 Å². The fraction of sp³-hybridized carbons (Fsp3) is 0.556. The van der Waals surface area contributed by atoms with Crippen LogP contribution in [-0.4, -0.2) is 34.0 Å². The highest BCUT2D eigenvalue weighted by Crippen LogP contribution is 2.30. The number of aryl methyl sites for hydroxylation is 2. The van der Waals surface area contributed by atoms with Gasteiger partial charge in [-0.1, -0.05) is 6.07 Å². The van der Waals surface area contributed by atoms with Crippen molar-refractivity contribution in [2.24, 2.45) is 0 Å². The van der Waals surface area contributed by atoms with E-state index in [1.165, 1.54) is 30.0 Å². The van der Waals surface area contributed by atoms with E-state index in [1.807, 2.05) is 0 Å². The Morgan fingerprint density at radius 2 is 2.05 bits per heavy atom. The average Bonchev–Trinajstić information content (AvgIpc) is 2.87. The largest absolute Gasteiger partial charge is 0.300 e. The molecule has 22 heavy (non-hydrogen) atoms.